The van der Waals surface area contributed by atoms with Crippen molar-refractivity contribution in [2.45, 2.75) is 32.2 Å². The van der Waals surface area contributed by atoms with Crippen LogP contribution in [0.2, 0.25) is 0 Å². The van der Waals surface area contributed by atoms with Gasteiger partial charge >= 0.3 is 6.03 Å². The van der Waals surface area contributed by atoms with E-state index in [1.165, 1.54) is 25.9 Å². The molecule has 0 bridgehead atoms. The summed E-state index contributed by atoms with van der Waals surface area (Å²) in [5, 5.41) is 2.98. The topological polar surface area (TPSA) is 61.6 Å². The highest BCUT2D eigenvalue weighted by molar-refractivity contribution is 5.91. The Kier molecular flexibility index (Phi) is 3.69. The van der Waals surface area contributed by atoms with Crippen molar-refractivity contribution >= 4 is 22.8 Å². The molecule has 2 saturated heterocycles. The first-order chi connectivity index (χ1) is 11.2. The molecule has 1 atom stereocenters. The summed E-state index contributed by atoms with van der Waals surface area (Å²) in [6, 6.07) is 6.08. The van der Waals surface area contributed by atoms with E-state index in [-0.39, 0.29) is 6.03 Å². The van der Waals surface area contributed by atoms with Crippen molar-refractivity contribution in [2.75, 3.05) is 31.5 Å². The molecule has 2 aliphatic rings. The van der Waals surface area contributed by atoms with Gasteiger partial charge in [0, 0.05) is 37.8 Å². The van der Waals surface area contributed by atoms with Crippen molar-refractivity contribution in [2.24, 2.45) is 0 Å². The van der Waals surface area contributed by atoms with E-state index < -0.39 is 0 Å². The van der Waals surface area contributed by atoms with E-state index in [9.17, 15) is 4.79 Å². The van der Waals surface area contributed by atoms with Crippen LogP contribution in [-0.2, 0) is 0 Å². The highest BCUT2D eigenvalue weighted by Crippen LogP contribution is 2.23. The molecule has 3 heterocycles. The molecule has 2 aromatic rings. The van der Waals surface area contributed by atoms with Crippen molar-refractivity contribution in [3.63, 3.8) is 0 Å². The third-order valence-corrected chi connectivity index (χ3v) is 4.85. The van der Waals surface area contributed by atoms with E-state index in [1.807, 2.05) is 30.0 Å². The van der Waals surface area contributed by atoms with Crippen molar-refractivity contribution in [3.8, 4) is 0 Å². The number of aryl methyl sites for hydroxylation is 1. The Morgan fingerprint density at radius 1 is 1.30 bits per heavy atom. The minimum Gasteiger partial charge on any atom is -0.441 e. The maximum Gasteiger partial charge on any atom is 0.321 e. The number of nitrogens with zero attached hydrogens (tertiary/aromatic N) is 3. The van der Waals surface area contributed by atoms with Crippen LogP contribution < -0.4 is 5.32 Å². The number of hydrogen-bond acceptors (Lipinski definition) is 4. The Labute approximate surface area is 135 Å². The smallest absolute Gasteiger partial charge is 0.321 e. The number of benzene rings is 1. The molecule has 0 radical (unpaired) electrons. The van der Waals surface area contributed by atoms with E-state index >= 15 is 0 Å². The molecule has 6 heteroatoms. The number of carbonyl (C=O) groups is 1. The molecule has 1 aromatic heterocycles. The third-order valence-electron chi connectivity index (χ3n) is 4.85. The second-order valence-electron chi connectivity index (χ2n) is 6.48. The number of rotatable bonds is 2. The number of likely N-dealkylation sites (tertiary alicyclic amines) is 2. The number of hydrogen-bond donors (Lipinski definition) is 1. The number of oxazole rings is 1. The van der Waals surface area contributed by atoms with Gasteiger partial charge in [0.1, 0.15) is 5.52 Å². The molecule has 0 saturated carbocycles. The zero-order chi connectivity index (χ0) is 15.8. The van der Waals surface area contributed by atoms with E-state index in [2.05, 4.69) is 15.2 Å². The van der Waals surface area contributed by atoms with Gasteiger partial charge in [-0.3, -0.25) is 4.90 Å². The summed E-state index contributed by atoms with van der Waals surface area (Å²) in [7, 11) is 0. The number of urea groups is 1. The zero-order valence-corrected chi connectivity index (χ0v) is 13.4. The lowest BCUT2D eigenvalue weighted by Gasteiger charge is -2.23. The molecule has 122 valence electrons. The van der Waals surface area contributed by atoms with Gasteiger partial charge in [0.2, 0.25) is 0 Å². The van der Waals surface area contributed by atoms with Gasteiger partial charge in [0.05, 0.1) is 0 Å². The molecule has 4 rings (SSSR count). The molecular formula is C17H22N4O2. The first-order valence-electron chi connectivity index (χ1n) is 8.36. The number of nitrogens with one attached hydrogen (secondary N) is 1. The van der Waals surface area contributed by atoms with Crippen LogP contribution in [0, 0.1) is 6.92 Å². The normalized spacial score (nSPS) is 22.1. The van der Waals surface area contributed by atoms with Crippen LogP contribution in [0.4, 0.5) is 10.5 Å². The molecule has 2 fully saturated rings. The largest absolute Gasteiger partial charge is 0.441 e. The Bertz CT molecular complexity index is 720. The van der Waals surface area contributed by atoms with E-state index in [1.54, 1.807) is 0 Å². The summed E-state index contributed by atoms with van der Waals surface area (Å²) in [4.78, 5) is 21.2. The van der Waals surface area contributed by atoms with Crippen LogP contribution in [0.15, 0.2) is 22.6 Å². The summed E-state index contributed by atoms with van der Waals surface area (Å²) in [6.45, 7) is 5.84. The second kappa shape index (κ2) is 5.85. The van der Waals surface area contributed by atoms with E-state index in [4.69, 9.17) is 4.42 Å². The standard InChI is InChI=1S/C17H22N4O2/c1-12-18-15-5-4-13(10-16(15)23-12)19-17(22)21-9-6-14(11-21)20-7-2-3-8-20/h4-5,10,14H,2-3,6-9,11H2,1H3,(H,19,22)/t14-/m1/s1. The Balaban J connectivity index is 1.40. The van der Waals surface area contributed by atoms with Crippen LogP contribution in [0.25, 0.3) is 11.1 Å². The summed E-state index contributed by atoms with van der Waals surface area (Å²) >= 11 is 0. The van der Waals surface area contributed by atoms with E-state index in [0.29, 0.717) is 17.5 Å². The maximum absolute atomic E-state index is 12.5. The van der Waals surface area contributed by atoms with Crippen LogP contribution in [0.3, 0.4) is 0 Å². The highest BCUT2D eigenvalue weighted by Gasteiger charge is 2.31. The van der Waals surface area contributed by atoms with Crippen molar-refractivity contribution in [3.05, 3.63) is 24.1 Å². The SMILES string of the molecule is Cc1nc2ccc(NC(=O)N3CC[C@@H](N4CCCC4)C3)cc2o1. The Hall–Kier alpha value is -2.08. The maximum atomic E-state index is 12.5. The van der Waals surface area contributed by atoms with Crippen molar-refractivity contribution in [1.29, 1.82) is 0 Å². The summed E-state index contributed by atoms with van der Waals surface area (Å²) in [5.41, 5.74) is 2.27. The van der Waals surface area contributed by atoms with Gasteiger partial charge in [-0.25, -0.2) is 9.78 Å². The van der Waals surface area contributed by atoms with E-state index in [0.717, 1.165) is 30.7 Å². The van der Waals surface area contributed by atoms with Crippen molar-refractivity contribution < 1.29 is 9.21 Å². The average Bonchev–Trinajstić information content (AvgIpc) is 3.26. The van der Waals surface area contributed by atoms with Crippen LogP contribution >= 0.6 is 0 Å². The van der Waals surface area contributed by atoms with Crippen LogP contribution in [0.1, 0.15) is 25.2 Å². The van der Waals surface area contributed by atoms with Gasteiger partial charge in [-0.1, -0.05) is 0 Å². The van der Waals surface area contributed by atoms with Gasteiger partial charge in [-0.15, -0.1) is 0 Å². The van der Waals surface area contributed by atoms with Gasteiger partial charge in [0.15, 0.2) is 11.5 Å². The predicted molar refractivity (Wildman–Crippen MR) is 88.5 cm³/mol. The summed E-state index contributed by atoms with van der Waals surface area (Å²) < 4.78 is 5.52. The molecule has 23 heavy (non-hydrogen) atoms. The lowest BCUT2D eigenvalue weighted by Crippen LogP contribution is -2.38. The molecule has 0 unspecified atom stereocenters. The number of amides is 2. The summed E-state index contributed by atoms with van der Waals surface area (Å²) in [5.74, 6) is 0.636. The van der Waals surface area contributed by atoms with Crippen LogP contribution in [-0.4, -0.2) is 53.0 Å². The van der Waals surface area contributed by atoms with Gasteiger partial charge in [0.25, 0.3) is 0 Å². The number of carbonyl (C=O) groups excluding carboxylic acids is 1. The van der Waals surface area contributed by atoms with Crippen molar-refractivity contribution in [1.82, 2.24) is 14.8 Å². The molecule has 6 nitrogen and oxygen atoms in total. The second-order valence-corrected chi connectivity index (χ2v) is 6.48. The predicted octanol–water partition coefficient (Wildman–Crippen LogP) is 2.84. The fraction of sp³-hybridized carbons (Fsp3) is 0.529. The zero-order valence-electron chi connectivity index (χ0n) is 13.4. The fourth-order valence-electron chi connectivity index (χ4n) is 3.65. The average molecular weight is 314 g/mol. The van der Waals surface area contributed by atoms with Gasteiger partial charge in [-0.2, -0.15) is 0 Å². The molecule has 2 aliphatic heterocycles. The highest BCUT2D eigenvalue weighted by atomic mass is 16.3. The first kappa shape index (κ1) is 14.5. The molecule has 2 amide bonds. The fourth-order valence-corrected chi connectivity index (χ4v) is 3.65. The quantitative estimate of drug-likeness (QED) is 0.926. The van der Waals surface area contributed by atoms with Gasteiger partial charge < -0.3 is 14.6 Å². The van der Waals surface area contributed by atoms with Gasteiger partial charge in [-0.05, 0) is 44.5 Å². The molecule has 0 aliphatic carbocycles. The lowest BCUT2D eigenvalue weighted by molar-refractivity contribution is 0.210. The Morgan fingerprint density at radius 2 is 2.13 bits per heavy atom. The molecular weight excluding hydrogens is 292 g/mol. The minimum absolute atomic E-state index is 0.0257. The molecule has 0 spiro atoms. The molecule has 1 N–H and O–H groups in total. The monoisotopic (exact) mass is 314 g/mol. The summed E-state index contributed by atoms with van der Waals surface area (Å²) in [6.07, 6.45) is 3.66. The third kappa shape index (κ3) is 2.91. The molecule has 1 aromatic carbocycles. The Morgan fingerprint density at radius 3 is 2.96 bits per heavy atom. The lowest BCUT2D eigenvalue weighted by atomic mass is 10.2. The number of fused-ring (bicyclic) bond motifs is 1. The minimum atomic E-state index is -0.0257. The van der Waals surface area contributed by atoms with Crippen LogP contribution in [0.5, 0.6) is 0 Å². The first-order valence-corrected chi connectivity index (χ1v) is 8.36. The number of anilines is 1. The number of aromatic nitrogens is 1.